The quantitative estimate of drug-likeness (QED) is 0.0491. The molecule has 1 saturated carbocycles. The largest absolute Gasteiger partial charge is 0.103 e. The zero-order valence-electron chi connectivity index (χ0n) is 33.8. The standard InChI is InChI=1S/C54H62P2/c1-9-18-42-26-30-50(36-46(42)22-13-5)55(51-31-27-43(19-10-2)47(37-51)23-14-6)40-54(34-17-35-54)41-56(52-32-28-44(20-11-3)48(38-52)24-15-7)53-33-29-45(21-12-4)49(39-53)25-16-8/h9-16,26-33,36-39H,1-8,17-25,34-35,40-41H2. The maximum Gasteiger partial charge on any atom is -0.00971 e. The van der Waals surface area contributed by atoms with Crippen LogP contribution in [0.4, 0.5) is 0 Å². The SMILES string of the molecule is C=CCc1ccc(P(CC2(CP(c3ccc(CC=C)c(CC=C)c3)c3ccc(CC=C)c(CC=C)c3)CCC2)c2ccc(CC=C)c(CC=C)c2)cc1CC=C. The van der Waals surface area contributed by atoms with Crippen molar-refractivity contribution in [1.82, 2.24) is 0 Å². The van der Waals surface area contributed by atoms with Crippen molar-refractivity contribution in [3.05, 3.63) is 219 Å². The third-order valence-corrected chi connectivity index (χ3v) is 16.9. The lowest BCUT2D eigenvalue weighted by molar-refractivity contribution is 0.202. The summed E-state index contributed by atoms with van der Waals surface area (Å²) in [6.07, 6.45) is 29.3. The first-order valence-electron chi connectivity index (χ1n) is 20.3. The Hall–Kier alpha value is -4.34. The molecule has 288 valence electrons. The van der Waals surface area contributed by atoms with E-state index >= 15 is 0 Å². The first kappa shape index (κ1) is 42.8. The van der Waals surface area contributed by atoms with Crippen molar-refractivity contribution in [1.29, 1.82) is 0 Å². The van der Waals surface area contributed by atoms with Crippen LogP contribution in [0.2, 0.25) is 0 Å². The number of hydrogen-bond acceptors (Lipinski definition) is 0. The van der Waals surface area contributed by atoms with Gasteiger partial charge in [0.1, 0.15) is 0 Å². The van der Waals surface area contributed by atoms with Crippen LogP contribution in [0.25, 0.3) is 0 Å². The van der Waals surface area contributed by atoms with Crippen LogP contribution in [-0.4, -0.2) is 12.3 Å². The summed E-state index contributed by atoms with van der Waals surface area (Å²) < 4.78 is 0. The van der Waals surface area contributed by atoms with Gasteiger partial charge in [-0.2, -0.15) is 0 Å². The molecule has 0 bridgehead atoms. The zero-order valence-corrected chi connectivity index (χ0v) is 35.6. The van der Waals surface area contributed by atoms with Gasteiger partial charge in [-0.1, -0.05) is 128 Å². The van der Waals surface area contributed by atoms with Gasteiger partial charge in [0.2, 0.25) is 0 Å². The summed E-state index contributed by atoms with van der Waals surface area (Å²) in [5, 5.41) is 5.85. The molecule has 0 heterocycles. The fraction of sp³-hybridized carbons (Fsp3) is 0.259. The molecule has 0 N–H and O–H groups in total. The molecule has 0 atom stereocenters. The first-order chi connectivity index (χ1) is 27.4. The van der Waals surface area contributed by atoms with Crippen LogP contribution in [0.3, 0.4) is 0 Å². The van der Waals surface area contributed by atoms with E-state index in [9.17, 15) is 0 Å². The molecule has 2 heteroatoms. The molecule has 5 rings (SSSR count). The second-order valence-electron chi connectivity index (χ2n) is 15.3. The third kappa shape index (κ3) is 10.5. The molecule has 0 amide bonds. The molecule has 0 saturated heterocycles. The minimum atomic E-state index is -0.662. The number of hydrogen-bond donors (Lipinski definition) is 0. The zero-order chi connectivity index (χ0) is 39.9. The van der Waals surface area contributed by atoms with Crippen LogP contribution in [-0.2, 0) is 51.4 Å². The molecular weight excluding hydrogens is 711 g/mol. The second-order valence-corrected chi connectivity index (χ2v) is 19.7. The van der Waals surface area contributed by atoms with E-state index in [0.717, 1.165) is 51.4 Å². The van der Waals surface area contributed by atoms with Crippen LogP contribution in [0.1, 0.15) is 63.8 Å². The Balaban J connectivity index is 1.67. The summed E-state index contributed by atoms with van der Waals surface area (Å²) in [6.45, 7) is 32.8. The van der Waals surface area contributed by atoms with Crippen molar-refractivity contribution in [3.63, 3.8) is 0 Å². The monoisotopic (exact) mass is 772 g/mol. The summed E-state index contributed by atoms with van der Waals surface area (Å²) in [4.78, 5) is 0. The first-order valence-corrected chi connectivity index (χ1v) is 23.3. The average molecular weight is 773 g/mol. The third-order valence-electron chi connectivity index (χ3n) is 11.3. The molecule has 0 unspecified atom stereocenters. The van der Waals surface area contributed by atoms with Crippen molar-refractivity contribution >= 4 is 37.1 Å². The number of benzene rings is 4. The average Bonchev–Trinajstić information content (AvgIpc) is 3.18. The van der Waals surface area contributed by atoms with Gasteiger partial charge in [-0.3, -0.25) is 0 Å². The molecule has 0 nitrogen and oxygen atoms in total. The molecule has 0 aromatic heterocycles. The van der Waals surface area contributed by atoms with Gasteiger partial charge in [0, 0.05) is 0 Å². The molecule has 1 fully saturated rings. The van der Waals surface area contributed by atoms with E-state index in [1.807, 2.05) is 48.6 Å². The lowest BCUT2D eigenvalue weighted by Gasteiger charge is -2.47. The van der Waals surface area contributed by atoms with E-state index in [1.54, 1.807) is 0 Å². The summed E-state index contributed by atoms with van der Waals surface area (Å²) in [5.74, 6) is 0. The Labute approximate surface area is 342 Å². The summed E-state index contributed by atoms with van der Waals surface area (Å²) >= 11 is 0. The highest BCUT2D eigenvalue weighted by molar-refractivity contribution is 7.74. The van der Waals surface area contributed by atoms with E-state index in [1.165, 1.54) is 97.3 Å². The molecule has 1 aliphatic carbocycles. The van der Waals surface area contributed by atoms with Gasteiger partial charge in [0.15, 0.2) is 0 Å². The van der Waals surface area contributed by atoms with Crippen molar-refractivity contribution in [3.8, 4) is 0 Å². The van der Waals surface area contributed by atoms with Gasteiger partial charge < -0.3 is 0 Å². The molecule has 4 aromatic rings. The van der Waals surface area contributed by atoms with Gasteiger partial charge in [0.05, 0.1) is 0 Å². The Morgan fingerprint density at radius 1 is 0.357 bits per heavy atom. The van der Waals surface area contributed by atoms with Gasteiger partial charge in [-0.05, 0) is 164 Å². The van der Waals surface area contributed by atoms with Gasteiger partial charge in [-0.15, -0.1) is 52.6 Å². The van der Waals surface area contributed by atoms with E-state index in [4.69, 9.17) is 0 Å². The van der Waals surface area contributed by atoms with E-state index in [2.05, 4.69) is 125 Å². The van der Waals surface area contributed by atoms with Gasteiger partial charge in [-0.25, -0.2) is 0 Å². The number of allylic oxidation sites excluding steroid dienone is 8. The predicted molar refractivity (Wildman–Crippen MR) is 255 cm³/mol. The molecular formula is C54H62P2. The Morgan fingerprint density at radius 3 is 0.786 bits per heavy atom. The molecule has 4 aromatic carbocycles. The molecule has 56 heavy (non-hydrogen) atoms. The lowest BCUT2D eigenvalue weighted by atomic mass is 9.72. The minimum Gasteiger partial charge on any atom is -0.103 e. The van der Waals surface area contributed by atoms with Crippen LogP contribution < -0.4 is 21.2 Å². The topological polar surface area (TPSA) is 0 Å². The maximum atomic E-state index is 4.13. The Morgan fingerprint density at radius 2 is 0.589 bits per heavy atom. The van der Waals surface area contributed by atoms with Gasteiger partial charge in [0.25, 0.3) is 0 Å². The van der Waals surface area contributed by atoms with E-state index in [-0.39, 0.29) is 5.41 Å². The second kappa shape index (κ2) is 21.3. The molecule has 0 aliphatic heterocycles. The highest BCUT2D eigenvalue weighted by Crippen LogP contribution is 2.56. The summed E-state index contributed by atoms with van der Waals surface area (Å²) in [5.41, 5.74) is 11.1. The molecule has 0 radical (unpaired) electrons. The van der Waals surface area contributed by atoms with E-state index in [0.29, 0.717) is 0 Å². The normalized spacial score (nSPS) is 13.1. The van der Waals surface area contributed by atoms with Crippen LogP contribution in [0.5, 0.6) is 0 Å². The van der Waals surface area contributed by atoms with Crippen LogP contribution >= 0.6 is 15.8 Å². The lowest BCUT2D eigenvalue weighted by Crippen LogP contribution is -2.40. The van der Waals surface area contributed by atoms with Crippen molar-refractivity contribution in [2.75, 3.05) is 12.3 Å². The Kier molecular flexibility index (Phi) is 16.2. The molecule has 0 spiro atoms. The minimum absolute atomic E-state index is 0.227. The highest BCUT2D eigenvalue weighted by atomic mass is 31.1. The highest BCUT2D eigenvalue weighted by Gasteiger charge is 2.42. The predicted octanol–water partition coefficient (Wildman–Crippen LogP) is 12.3. The van der Waals surface area contributed by atoms with Crippen molar-refractivity contribution < 1.29 is 0 Å². The fourth-order valence-electron chi connectivity index (χ4n) is 8.30. The fourth-order valence-corrected chi connectivity index (χ4v) is 14.3. The van der Waals surface area contributed by atoms with Crippen molar-refractivity contribution in [2.24, 2.45) is 5.41 Å². The number of rotatable bonds is 24. The van der Waals surface area contributed by atoms with Gasteiger partial charge >= 0.3 is 0 Å². The van der Waals surface area contributed by atoms with Crippen molar-refractivity contribution in [2.45, 2.75) is 70.6 Å². The molecule has 1 aliphatic rings. The Bertz CT molecular complexity index is 1770. The van der Waals surface area contributed by atoms with Crippen LogP contribution in [0, 0.1) is 5.41 Å². The maximum absolute atomic E-state index is 4.13. The van der Waals surface area contributed by atoms with E-state index < -0.39 is 15.8 Å². The van der Waals surface area contributed by atoms with Crippen LogP contribution in [0.15, 0.2) is 174 Å². The summed E-state index contributed by atoms with van der Waals surface area (Å²) in [6, 6.07) is 29.2. The summed E-state index contributed by atoms with van der Waals surface area (Å²) in [7, 11) is -1.32. The smallest absolute Gasteiger partial charge is 0.00971 e.